The minimum absolute atomic E-state index is 0.0242. The second-order valence-corrected chi connectivity index (χ2v) is 6.23. The van der Waals surface area contributed by atoms with Crippen LogP contribution in [0.25, 0.3) is 0 Å². The number of nitrogens with two attached hydrogens (primary N) is 1. The zero-order chi connectivity index (χ0) is 14.7. The lowest BCUT2D eigenvalue weighted by Crippen LogP contribution is -2.31. The first-order chi connectivity index (χ1) is 10.3. The summed E-state index contributed by atoms with van der Waals surface area (Å²) in [7, 11) is 0. The van der Waals surface area contributed by atoms with Crippen molar-refractivity contribution in [3.8, 4) is 11.8 Å². The molecule has 0 saturated heterocycles. The molecule has 2 saturated carbocycles. The Hall–Kier alpha value is -1.79. The van der Waals surface area contributed by atoms with Gasteiger partial charge in [-0.15, -0.1) is 0 Å². The summed E-state index contributed by atoms with van der Waals surface area (Å²) in [4.78, 5) is 12.2. The molecule has 2 aliphatic rings. The van der Waals surface area contributed by atoms with Crippen LogP contribution >= 0.6 is 0 Å². The van der Waals surface area contributed by atoms with Gasteiger partial charge in [-0.05, 0) is 61.3 Å². The normalized spacial score (nSPS) is 26.2. The largest absolute Gasteiger partial charge is 0.352 e. The maximum absolute atomic E-state index is 12.2. The van der Waals surface area contributed by atoms with Crippen molar-refractivity contribution in [2.45, 2.75) is 25.7 Å². The van der Waals surface area contributed by atoms with E-state index in [9.17, 15) is 4.79 Å². The van der Waals surface area contributed by atoms with E-state index in [0.29, 0.717) is 18.0 Å². The van der Waals surface area contributed by atoms with Gasteiger partial charge < -0.3 is 11.1 Å². The Morgan fingerprint density at radius 2 is 2.05 bits per heavy atom. The first kappa shape index (κ1) is 14.2. The van der Waals surface area contributed by atoms with Gasteiger partial charge >= 0.3 is 0 Å². The van der Waals surface area contributed by atoms with Gasteiger partial charge in [0.05, 0.1) is 6.54 Å². The second-order valence-electron chi connectivity index (χ2n) is 6.23. The summed E-state index contributed by atoms with van der Waals surface area (Å²) in [5.74, 6) is 8.27. The number of amides is 1. The minimum Gasteiger partial charge on any atom is -0.352 e. The van der Waals surface area contributed by atoms with E-state index in [4.69, 9.17) is 5.73 Å². The molecule has 21 heavy (non-hydrogen) atoms. The van der Waals surface area contributed by atoms with Gasteiger partial charge in [0.25, 0.3) is 5.91 Å². The van der Waals surface area contributed by atoms with Gasteiger partial charge in [-0.25, -0.2) is 0 Å². The van der Waals surface area contributed by atoms with Crippen molar-refractivity contribution in [1.82, 2.24) is 5.32 Å². The van der Waals surface area contributed by atoms with E-state index in [2.05, 4.69) is 17.2 Å². The van der Waals surface area contributed by atoms with E-state index in [1.54, 1.807) is 0 Å². The van der Waals surface area contributed by atoms with E-state index >= 15 is 0 Å². The monoisotopic (exact) mass is 282 g/mol. The van der Waals surface area contributed by atoms with Crippen LogP contribution in [0.5, 0.6) is 0 Å². The van der Waals surface area contributed by atoms with E-state index in [0.717, 1.165) is 23.9 Å². The average Bonchev–Trinajstić information content (AvgIpc) is 3.14. The summed E-state index contributed by atoms with van der Waals surface area (Å²) in [6, 6.07) is 7.40. The molecule has 2 fully saturated rings. The van der Waals surface area contributed by atoms with E-state index < -0.39 is 0 Å². The number of hydrogen-bond acceptors (Lipinski definition) is 2. The molecular weight excluding hydrogens is 260 g/mol. The SMILES string of the molecule is NCC#Cc1ccc(C(=O)NCC2CC3CCC2C3)cc1. The molecule has 0 aliphatic heterocycles. The van der Waals surface area contributed by atoms with Crippen LogP contribution in [0.3, 0.4) is 0 Å². The lowest BCUT2D eigenvalue weighted by atomic mass is 9.89. The third kappa shape index (κ3) is 3.28. The number of carbonyl (C=O) groups excluding carboxylic acids is 1. The zero-order valence-electron chi connectivity index (χ0n) is 12.3. The van der Waals surface area contributed by atoms with Crippen molar-refractivity contribution >= 4 is 5.91 Å². The molecule has 0 heterocycles. The Morgan fingerprint density at radius 1 is 1.24 bits per heavy atom. The fourth-order valence-corrected chi connectivity index (χ4v) is 3.81. The molecule has 2 bridgehead atoms. The van der Waals surface area contributed by atoms with Crippen LogP contribution in [-0.4, -0.2) is 19.0 Å². The summed E-state index contributed by atoms with van der Waals surface area (Å²) < 4.78 is 0. The third-order valence-electron chi connectivity index (χ3n) is 4.89. The molecule has 110 valence electrons. The maximum atomic E-state index is 12.2. The fraction of sp³-hybridized carbons (Fsp3) is 0.500. The maximum Gasteiger partial charge on any atom is 0.251 e. The Labute approximate surface area is 126 Å². The molecule has 0 spiro atoms. The summed E-state index contributed by atoms with van der Waals surface area (Å²) >= 11 is 0. The van der Waals surface area contributed by atoms with Gasteiger partial charge in [0.2, 0.25) is 0 Å². The third-order valence-corrected chi connectivity index (χ3v) is 4.89. The minimum atomic E-state index is 0.0242. The topological polar surface area (TPSA) is 55.1 Å². The molecule has 3 nitrogen and oxygen atoms in total. The molecule has 2 aliphatic carbocycles. The van der Waals surface area contributed by atoms with Crippen LogP contribution in [0.1, 0.15) is 41.6 Å². The van der Waals surface area contributed by atoms with E-state index in [1.807, 2.05) is 24.3 Å². The molecule has 0 radical (unpaired) electrons. The lowest BCUT2D eigenvalue weighted by Gasteiger charge is -2.21. The van der Waals surface area contributed by atoms with Crippen LogP contribution in [-0.2, 0) is 0 Å². The second kappa shape index (κ2) is 6.32. The first-order valence-corrected chi connectivity index (χ1v) is 7.83. The number of nitrogens with one attached hydrogen (secondary N) is 1. The number of carbonyl (C=O) groups is 1. The van der Waals surface area contributed by atoms with Crippen LogP contribution in [0, 0.1) is 29.6 Å². The van der Waals surface area contributed by atoms with Crippen molar-refractivity contribution in [3.63, 3.8) is 0 Å². The summed E-state index contributed by atoms with van der Waals surface area (Å²) in [6.45, 7) is 1.18. The van der Waals surface area contributed by atoms with Gasteiger partial charge in [-0.1, -0.05) is 18.3 Å². The van der Waals surface area contributed by atoms with Gasteiger partial charge in [0.1, 0.15) is 0 Å². The van der Waals surface area contributed by atoms with Crippen LogP contribution in [0.4, 0.5) is 0 Å². The predicted molar refractivity (Wildman–Crippen MR) is 83.6 cm³/mol. The molecule has 3 rings (SSSR count). The molecule has 3 heteroatoms. The lowest BCUT2D eigenvalue weighted by molar-refractivity contribution is 0.0942. The zero-order valence-corrected chi connectivity index (χ0v) is 12.3. The van der Waals surface area contributed by atoms with Crippen molar-refractivity contribution in [3.05, 3.63) is 35.4 Å². The molecule has 3 unspecified atom stereocenters. The quantitative estimate of drug-likeness (QED) is 0.835. The standard InChI is InChI=1S/C18H22N2O/c19-9-1-2-13-3-6-15(7-4-13)18(21)20-12-17-11-14-5-8-16(17)10-14/h3-4,6-7,14,16-17H,5,8-12,19H2,(H,20,21). The Morgan fingerprint density at radius 3 is 2.67 bits per heavy atom. The van der Waals surface area contributed by atoms with Crippen molar-refractivity contribution in [2.75, 3.05) is 13.1 Å². The Bertz CT molecular complexity index is 567. The van der Waals surface area contributed by atoms with Gasteiger partial charge in [0, 0.05) is 17.7 Å². The molecule has 3 atom stereocenters. The summed E-state index contributed by atoms with van der Waals surface area (Å²) in [5, 5.41) is 3.09. The highest BCUT2D eigenvalue weighted by atomic mass is 16.1. The highest BCUT2D eigenvalue weighted by Crippen LogP contribution is 2.47. The Balaban J connectivity index is 1.53. The molecule has 1 amide bonds. The average molecular weight is 282 g/mol. The fourth-order valence-electron chi connectivity index (χ4n) is 3.81. The van der Waals surface area contributed by atoms with Crippen LogP contribution in [0.2, 0.25) is 0 Å². The van der Waals surface area contributed by atoms with Crippen LogP contribution in [0.15, 0.2) is 24.3 Å². The molecule has 1 aromatic carbocycles. The van der Waals surface area contributed by atoms with Gasteiger partial charge in [-0.2, -0.15) is 0 Å². The van der Waals surface area contributed by atoms with Gasteiger partial charge in [-0.3, -0.25) is 4.79 Å². The van der Waals surface area contributed by atoms with Crippen molar-refractivity contribution < 1.29 is 4.79 Å². The Kier molecular flexibility index (Phi) is 4.26. The smallest absolute Gasteiger partial charge is 0.251 e. The molecular formula is C18H22N2O. The van der Waals surface area contributed by atoms with Crippen LogP contribution < -0.4 is 11.1 Å². The molecule has 1 aromatic rings. The van der Waals surface area contributed by atoms with Gasteiger partial charge in [0.15, 0.2) is 0 Å². The summed E-state index contributed by atoms with van der Waals surface area (Å²) in [6.07, 6.45) is 5.45. The number of benzene rings is 1. The van der Waals surface area contributed by atoms with Crippen molar-refractivity contribution in [2.24, 2.45) is 23.5 Å². The number of rotatable bonds is 3. The number of fused-ring (bicyclic) bond motifs is 2. The predicted octanol–water partition coefficient (Wildman–Crippen LogP) is 2.16. The van der Waals surface area contributed by atoms with E-state index in [-0.39, 0.29) is 5.91 Å². The molecule has 3 N–H and O–H groups in total. The van der Waals surface area contributed by atoms with E-state index in [1.165, 1.54) is 25.7 Å². The highest BCUT2D eigenvalue weighted by Gasteiger charge is 2.39. The highest BCUT2D eigenvalue weighted by molar-refractivity contribution is 5.94. The van der Waals surface area contributed by atoms with Crippen molar-refractivity contribution in [1.29, 1.82) is 0 Å². The summed E-state index contributed by atoms with van der Waals surface area (Å²) in [5.41, 5.74) is 6.94. The molecule has 0 aromatic heterocycles. The number of hydrogen-bond donors (Lipinski definition) is 2. The first-order valence-electron chi connectivity index (χ1n) is 7.83.